The lowest BCUT2D eigenvalue weighted by molar-refractivity contribution is 0.0759. The largest absolute Gasteiger partial charge is 0.391 e. The lowest BCUT2D eigenvalue weighted by Gasteiger charge is -2.13. The molecule has 1 atom stereocenters. The van der Waals surface area contributed by atoms with Crippen molar-refractivity contribution in [2.75, 3.05) is 13.1 Å². The van der Waals surface area contributed by atoms with Crippen LogP contribution in [0.1, 0.15) is 16.9 Å². The predicted octanol–water partition coefficient (Wildman–Crippen LogP) is -0.383. The number of carbonyl (C=O) groups excluding carboxylic acids is 1. The van der Waals surface area contributed by atoms with Gasteiger partial charge in [-0.05, 0) is 12.5 Å². The summed E-state index contributed by atoms with van der Waals surface area (Å²) >= 11 is 0. The molecule has 0 bridgehead atoms. The Morgan fingerprint density at radius 1 is 1.77 bits per heavy atom. The van der Waals surface area contributed by atoms with Crippen molar-refractivity contribution in [3.8, 4) is 0 Å². The quantitative estimate of drug-likeness (QED) is 0.620. The van der Waals surface area contributed by atoms with Gasteiger partial charge in [-0.3, -0.25) is 9.89 Å². The monoisotopic (exact) mass is 181 g/mol. The number of H-pyrrole nitrogens is 1. The van der Waals surface area contributed by atoms with E-state index in [4.69, 9.17) is 0 Å². The fraction of sp³-hybridized carbons (Fsp3) is 0.500. The molecule has 1 saturated heterocycles. The Labute approximate surface area is 75.4 Å². The Morgan fingerprint density at radius 3 is 3.15 bits per heavy atom. The molecule has 1 aliphatic rings. The van der Waals surface area contributed by atoms with Gasteiger partial charge in [-0.2, -0.15) is 5.10 Å². The fourth-order valence-corrected chi connectivity index (χ4v) is 1.47. The SMILES string of the molecule is O=C(c1ccn[nH]1)N1CC[C@@H](O)C1. The van der Waals surface area contributed by atoms with E-state index in [1.54, 1.807) is 17.2 Å². The van der Waals surface area contributed by atoms with Crippen molar-refractivity contribution >= 4 is 5.91 Å². The molecule has 1 amide bonds. The summed E-state index contributed by atoms with van der Waals surface area (Å²) in [5.41, 5.74) is 0.481. The summed E-state index contributed by atoms with van der Waals surface area (Å²) in [5.74, 6) is -0.0888. The molecule has 0 saturated carbocycles. The molecule has 1 aromatic heterocycles. The molecule has 0 radical (unpaired) electrons. The van der Waals surface area contributed by atoms with Crippen LogP contribution in [0.3, 0.4) is 0 Å². The summed E-state index contributed by atoms with van der Waals surface area (Å²) in [6.45, 7) is 1.05. The molecule has 1 aliphatic heterocycles. The molecule has 5 heteroatoms. The molecule has 0 unspecified atom stereocenters. The van der Waals surface area contributed by atoms with Crippen molar-refractivity contribution in [3.05, 3.63) is 18.0 Å². The maximum atomic E-state index is 11.6. The summed E-state index contributed by atoms with van der Waals surface area (Å²) in [7, 11) is 0. The van der Waals surface area contributed by atoms with Crippen LogP contribution in [0.25, 0.3) is 0 Å². The number of rotatable bonds is 1. The maximum absolute atomic E-state index is 11.6. The molecule has 13 heavy (non-hydrogen) atoms. The van der Waals surface area contributed by atoms with Gasteiger partial charge in [0, 0.05) is 19.3 Å². The standard InChI is InChI=1S/C8H11N3O2/c12-6-2-4-11(5-6)8(13)7-1-3-9-10-7/h1,3,6,12H,2,4-5H2,(H,9,10)/t6-/m1/s1. The summed E-state index contributed by atoms with van der Waals surface area (Å²) in [6, 6.07) is 1.63. The van der Waals surface area contributed by atoms with E-state index in [9.17, 15) is 9.90 Å². The van der Waals surface area contributed by atoms with Crippen molar-refractivity contribution in [2.24, 2.45) is 0 Å². The number of amides is 1. The van der Waals surface area contributed by atoms with Gasteiger partial charge in [-0.1, -0.05) is 0 Å². The summed E-state index contributed by atoms with van der Waals surface area (Å²) in [6.07, 6.45) is 1.84. The highest BCUT2D eigenvalue weighted by molar-refractivity contribution is 5.92. The smallest absolute Gasteiger partial charge is 0.271 e. The van der Waals surface area contributed by atoms with Crippen LogP contribution in [0, 0.1) is 0 Å². The highest BCUT2D eigenvalue weighted by Crippen LogP contribution is 2.11. The van der Waals surface area contributed by atoms with E-state index in [-0.39, 0.29) is 12.0 Å². The number of hydrogen-bond donors (Lipinski definition) is 2. The van der Waals surface area contributed by atoms with E-state index in [1.165, 1.54) is 0 Å². The Morgan fingerprint density at radius 2 is 2.62 bits per heavy atom. The van der Waals surface area contributed by atoms with Gasteiger partial charge >= 0.3 is 0 Å². The Balaban J connectivity index is 2.06. The number of β-amino-alcohol motifs (C(OH)–C–C–N with tert-alkyl or cyclic N) is 1. The van der Waals surface area contributed by atoms with Crippen LogP contribution < -0.4 is 0 Å². The van der Waals surface area contributed by atoms with Crippen LogP contribution in [0.15, 0.2) is 12.3 Å². The number of aromatic amines is 1. The number of nitrogens with zero attached hydrogens (tertiary/aromatic N) is 2. The second kappa shape index (κ2) is 3.18. The average molecular weight is 181 g/mol. The first kappa shape index (κ1) is 8.25. The molecule has 0 aliphatic carbocycles. The number of aliphatic hydroxyl groups is 1. The lowest BCUT2D eigenvalue weighted by Crippen LogP contribution is -2.29. The molecule has 0 aromatic carbocycles. The zero-order valence-electron chi connectivity index (χ0n) is 7.10. The number of carbonyl (C=O) groups is 1. The van der Waals surface area contributed by atoms with Crippen molar-refractivity contribution in [1.29, 1.82) is 0 Å². The van der Waals surface area contributed by atoms with Gasteiger partial charge in [0.2, 0.25) is 0 Å². The van der Waals surface area contributed by atoms with Gasteiger partial charge in [-0.25, -0.2) is 0 Å². The summed E-state index contributed by atoms with van der Waals surface area (Å²) in [5, 5.41) is 15.5. The third-order valence-electron chi connectivity index (χ3n) is 2.18. The van der Waals surface area contributed by atoms with Gasteiger partial charge in [-0.15, -0.1) is 0 Å². The van der Waals surface area contributed by atoms with Crippen molar-refractivity contribution < 1.29 is 9.90 Å². The molecule has 0 spiro atoms. The number of likely N-dealkylation sites (tertiary alicyclic amines) is 1. The topological polar surface area (TPSA) is 69.2 Å². The van der Waals surface area contributed by atoms with Gasteiger partial charge in [0.25, 0.3) is 5.91 Å². The van der Waals surface area contributed by atoms with E-state index in [0.717, 1.165) is 0 Å². The maximum Gasteiger partial charge on any atom is 0.271 e. The number of aromatic nitrogens is 2. The summed E-state index contributed by atoms with van der Waals surface area (Å²) in [4.78, 5) is 13.2. The molecular formula is C8H11N3O2. The predicted molar refractivity (Wildman–Crippen MR) is 45.1 cm³/mol. The van der Waals surface area contributed by atoms with E-state index >= 15 is 0 Å². The van der Waals surface area contributed by atoms with Gasteiger partial charge in [0.1, 0.15) is 5.69 Å². The molecular weight excluding hydrogens is 170 g/mol. The van der Waals surface area contributed by atoms with Gasteiger partial charge in [0.05, 0.1) is 6.10 Å². The Bertz CT molecular complexity index is 296. The van der Waals surface area contributed by atoms with Crippen molar-refractivity contribution in [2.45, 2.75) is 12.5 Å². The molecule has 70 valence electrons. The molecule has 1 aromatic rings. The Hall–Kier alpha value is -1.36. The molecule has 2 N–H and O–H groups in total. The van der Waals surface area contributed by atoms with Crippen LogP contribution in [-0.4, -0.2) is 45.3 Å². The number of aliphatic hydroxyl groups excluding tert-OH is 1. The second-order valence-electron chi connectivity index (χ2n) is 3.16. The minimum absolute atomic E-state index is 0.0888. The highest BCUT2D eigenvalue weighted by atomic mass is 16.3. The van der Waals surface area contributed by atoms with E-state index < -0.39 is 0 Å². The fourth-order valence-electron chi connectivity index (χ4n) is 1.47. The molecule has 5 nitrogen and oxygen atoms in total. The zero-order valence-corrected chi connectivity index (χ0v) is 7.10. The van der Waals surface area contributed by atoms with Crippen LogP contribution in [0.4, 0.5) is 0 Å². The van der Waals surface area contributed by atoms with Crippen LogP contribution in [0.2, 0.25) is 0 Å². The van der Waals surface area contributed by atoms with Crippen molar-refractivity contribution in [1.82, 2.24) is 15.1 Å². The van der Waals surface area contributed by atoms with E-state index in [1.807, 2.05) is 0 Å². The molecule has 1 fully saturated rings. The van der Waals surface area contributed by atoms with Crippen LogP contribution >= 0.6 is 0 Å². The first-order valence-corrected chi connectivity index (χ1v) is 4.24. The first-order chi connectivity index (χ1) is 6.27. The Kier molecular flexibility index (Phi) is 2.02. The first-order valence-electron chi connectivity index (χ1n) is 4.24. The summed E-state index contributed by atoms with van der Waals surface area (Å²) < 4.78 is 0. The van der Waals surface area contributed by atoms with Crippen LogP contribution in [-0.2, 0) is 0 Å². The normalized spacial score (nSPS) is 22.2. The average Bonchev–Trinajstić information content (AvgIpc) is 2.72. The third kappa shape index (κ3) is 1.55. The minimum atomic E-state index is -0.369. The highest BCUT2D eigenvalue weighted by Gasteiger charge is 2.25. The van der Waals surface area contributed by atoms with E-state index in [0.29, 0.717) is 25.2 Å². The number of nitrogens with one attached hydrogen (secondary N) is 1. The molecule has 2 heterocycles. The number of hydrogen-bond acceptors (Lipinski definition) is 3. The van der Waals surface area contributed by atoms with E-state index in [2.05, 4.69) is 10.2 Å². The van der Waals surface area contributed by atoms with Crippen LogP contribution in [0.5, 0.6) is 0 Å². The lowest BCUT2D eigenvalue weighted by atomic mass is 10.3. The second-order valence-corrected chi connectivity index (χ2v) is 3.16. The zero-order chi connectivity index (χ0) is 9.26. The minimum Gasteiger partial charge on any atom is -0.391 e. The molecule has 2 rings (SSSR count). The van der Waals surface area contributed by atoms with Crippen molar-refractivity contribution in [3.63, 3.8) is 0 Å². The van der Waals surface area contributed by atoms with Gasteiger partial charge in [0.15, 0.2) is 0 Å². The van der Waals surface area contributed by atoms with Gasteiger partial charge < -0.3 is 10.0 Å². The third-order valence-corrected chi connectivity index (χ3v) is 2.18.